The molecule has 1 aliphatic heterocycles. The van der Waals surface area contributed by atoms with Crippen molar-refractivity contribution >= 4 is 22.7 Å². The highest BCUT2D eigenvalue weighted by atomic mass is 16.5. The van der Waals surface area contributed by atoms with Gasteiger partial charge in [0.25, 0.3) is 0 Å². The molecular weight excluding hydrogens is 330 g/mol. The van der Waals surface area contributed by atoms with E-state index in [0.717, 1.165) is 35.4 Å². The van der Waals surface area contributed by atoms with E-state index in [4.69, 9.17) is 4.74 Å². The van der Waals surface area contributed by atoms with E-state index in [1.165, 1.54) is 0 Å². The van der Waals surface area contributed by atoms with Crippen LogP contribution < -0.4 is 4.90 Å². The van der Waals surface area contributed by atoms with Crippen LogP contribution in [0.3, 0.4) is 0 Å². The molecule has 0 amide bonds. The van der Waals surface area contributed by atoms with E-state index in [9.17, 15) is 9.90 Å². The number of pyridine rings is 2. The molecule has 3 aromatic rings. The Morgan fingerprint density at radius 2 is 1.92 bits per heavy atom. The van der Waals surface area contributed by atoms with Crippen LogP contribution in [0.15, 0.2) is 42.6 Å². The number of ether oxygens (including phenoxy) is 1. The molecule has 3 heterocycles. The van der Waals surface area contributed by atoms with Crippen molar-refractivity contribution in [2.45, 2.75) is 6.92 Å². The fraction of sp³-hybridized carbons (Fsp3) is 0.250. The van der Waals surface area contributed by atoms with Crippen LogP contribution in [-0.2, 0) is 4.74 Å². The molecule has 0 aliphatic carbocycles. The number of anilines is 1. The number of carboxylic acid groups (broad SMARTS) is 1. The number of carboxylic acids is 1. The zero-order valence-electron chi connectivity index (χ0n) is 14.5. The van der Waals surface area contributed by atoms with Gasteiger partial charge in [0, 0.05) is 30.2 Å². The Hall–Kier alpha value is -2.99. The van der Waals surface area contributed by atoms with E-state index in [-0.39, 0.29) is 5.56 Å². The van der Waals surface area contributed by atoms with Crippen LogP contribution >= 0.6 is 0 Å². The fourth-order valence-electron chi connectivity index (χ4n) is 3.35. The molecule has 6 heteroatoms. The number of aryl methyl sites for hydroxylation is 1. The van der Waals surface area contributed by atoms with Gasteiger partial charge in [0.15, 0.2) is 0 Å². The van der Waals surface area contributed by atoms with E-state index >= 15 is 0 Å². The molecule has 1 fully saturated rings. The van der Waals surface area contributed by atoms with Crippen molar-refractivity contribution in [3.8, 4) is 11.3 Å². The number of hydrogen-bond acceptors (Lipinski definition) is 5. The van der Waals surface area contributed by atoms with E-state index in [2.05, 4.69) is 14.9 Å². The summed E-state index contributed by atoms with van der Waals surface area (Å²) in [5.74, 6) is -0.112. The van der Waals surface area contributed by atoms with Crippen LogP contribution in [0, 0.1) is 6.92 Å². The van der Waals surface area contributed by atoms with E-state index in [1.54, 1.807) is 6.20 Å². The van der Waals surface area contributed by atoms with Gasteiger partial charge < -0.3 is 14.7 Å². The van der Waals surface area contributed by atoms with E-state index in [0.29, 0.717) is 24.5 Å². The second kappa shape index (κ2) is 6.72. The second-order valence-corrected chi connectivity index (χ2v) is 6.29. The summed E-state index contributed by atoms with van der Waals surface area (Å²) >= 11 is 0. The maximum absolute atomic E-state index is 11.9. The summed E-state index contributed by atoms with van der Waals surface area (Å²) < 4.78 is 5.37. The quantitative estimate of drug-likeness (QED) is 0.783. The third-order valence-electron chi connectivity index (χ3n) is 4.72. The minimum atomic E-state index is -0.979. The zero-order valence-corrected chi connectivity index (χ0v) is 14.5. The Labute approximate surface area is 151 Å². The maximum atomic E-state index is 11.9. The summed E-state index contributed by atoms with van der Waals surface area (Å²) in [5.41, 5.74) is 2.88. The predicted molar refractivity (Wildman–Crippen MR) is 99.7 cm³/mol. The van der Waals surface area contributed by atoms with Gasteiger partial charge in [-0.2, -0.15) is 0 Å². The Bertz CT molecular complexity index is 964. The highest BCUT2D eigenvalue weighted by molar-refractivity contribution is 6.02. The van der Waals surface area contributed by atoms with Crippen molar-refractivity contribution in [1.29, 1.82) is 0 Å². The largest absolute Gasteiger partial charge is 0.478 e. The Balaban J connectivity index is 1.80. The third kappa shape index (κ3) is 2.88. The van der Waals surface area contributed by atoms with Gasteiger partial charge >= 0.3 is 5.97 Å². The van der Waals surface area contributed by atoms with Crippen molar-refractivity contribution in [1.82, 2.24) is 9.97 Å². The van der Waals surface area contributed by atoms with Gasteiger partial charge in [0.05, 0.1) is 30.0 Å². The van der Waals surface area contributed by atoms with E-state index < -0.39 is 5.97 Å². The molecule has 0 spiro atoms. The molecule has 0 radical (unpaired) electrons. The minimum absolute atomic E-state index is 0.227. The number of para-hydroxylation sites is 1. The molecule has 6 nitrogen and oxygen atoms in total. The number of nitrogens with zero attached hydrogens (tertiary/aromatic N) is 3. The molecule has 1 aromatic carbocycles. The SMILES string of the molecule is Cc1c(C(=O)O)c(-c2ccc(N3CCOCC3)nc2)nc2ccccc12. The second-order valence-electron chi connectivity index (χ2n) is 6.29. The summed E-state index contributed by atoms with van der Waals surface area (Å²) in [6, 6.07) is 11.4. The summed E-state index contributed by atoms with van der Waals surface area (Å²) in [5, 5.41) is 10.6. The number of aromatic carboxylic acids is 1. The molecular formula is C20H19N3O3. The number of aromatic nitrogens is 2. The molecule has 1 aliphatic rings. The number of fused-ring (bicyclic) bond motifs is 1. The standard InChI is InChI=1S/C20H19N3O3/c1-13-15-4-2-3-5-16(15)22-19(18(13)20(24)25)14-6-7-17(21-12-14)23-8-10-26-11-9-23/h2-7,12H,8-11H2,1H3,(H,24,25). The predicted octanol–water partition coefficient (Wildman–Crippen LogP) is 3.14. The number of hydrogen-bond donors (Lipinski definition) is 1. The van der Waals surface area contributed by atoms with Gasteiger partial charge in [-0.3, -0.25) is 0 Å². The lowest BCUT2D eigenvalue weighted by molar-refractivity contribution is 0.0697. The fourth-order valence-corrected chi connectivity index (χ4v) is 3.35. The molecule has 1 N–H and O–H groups in total. The summed E-state index contributed by atoms with van der Waals surface area (Å²) in [4.78, 5) is 23.2. The molecule has 1 saturated heterocycles. The van der Waals surface area contributed by atoms with Crippen molar-refractivity contribution in [2.75, 3.05) is 31.2 Å². The Morgan fingerprint density at radius 3 is 2.62 bits per heavy atom. The monoisotopic (exact) mass is 349 g/mol. The van der Waals surface area contributed by atoms with Crippen LogP contribution in [0.4, 0.5) is 5.82 Å². The molecule has 26 heavy (non-hydrogen) atoms. The maximum Gasteiger partial charge on any atom is 0.338 e. The van der Waals surface area contributed by atoms with Crippen LogP contribution in [0.2, 0.25) is 0 Å². The van der Waals surface area contributed by atoms with Gasteiger partial charge in [-0.25, -0.2) is 14.8 Å². The minimum Gasteiger partial charge on any atom is -0.478 e. The van der Waals surface area contributed by atoms with E-state index in [1.807, 2.05) is 43.3 Å². The number of benzene rings is 1. The average Bonchev–Trinajstić information content (AvgIpc) is 2.68. The van der Waals surface area contributed by atoms with Gasteiger partial charge in [0.1, 0.15) is 5.82 Å². The molecule has 0 unspecified atom stereocenters. The van der Waals surface area contributed by atoms with Crippen LogP contribution in [-0.4, -0.2) is 47.3 Å². The van der Waals surface area contributed by atoms with Crippen LogP contribution in [0.5, 0.6) is 0 Å². The first-order valence-corrected chi connectivity index (χ1v) is 8.57. The lowest BCUT2D eigenvalue weighted by atomic mass is 9.98. The van der Waals surface area contributed by atoms with Crippen molar-refractivity contribution in [3.05, 3.63) is 53.7 Å². The lowest BCUT2D eigenvalue weighted by Crippen LogP contribution is -2.36. The lowest BCUT2D eigenvalue weighted by Gasteiger charge is -2.27. The first-order valence-electron chi connectivity index (χ1n) is 8.57. The molecule has 0 atom stereocenters. The molecule has 4 rings (SSSR count). The Morgan fingerprint density at radius 1 is 1.15 bits per heavy atom. The number of rotatable bonds is 3. The molecule has 2 aromatic heterocycles. The molecule has 0 bridgehead atoms. The zero-order chi connectivity index (χ0) is 18.1. The molecule has 0 saturated carbocycles. The summed E-state index contributed by atoms with van der Waals surface area (Å²) in [7, 11) is 0. The first kappa shape index (κ1) is 16.5. The van der Waals surface area contributed by atoms with Crippen molar-refractivity contribution in [2.24, 2.45) is 0 Å². The van der Waals surface area contributed by atoms with Crippen molar-refractivity contribution < 1.29 is 14.6 Å². The highest BCUT2D eigenvalue weighted by Crippen LogP contribution is 2.30. The smallest absolute Gasteiger partial charge is 0.338 e. The first-order chi connectivity index (χ1) is 12.6. The van der Waals surface area contributed by atoms with Gasteiger partial charge in [-0.05, 0) is 30.7 Å². The van der Waals surface area contributed by atoms with Crippen LogP contribution in [0.25, 0.3) is 22.2 Å². The van der Waals surface area contributed by atoms with Gasteiger partial charge in [-0.15, -0.1) is 0 Å². The summed E-state index contributed by atoms with van der Waals surface area (Å²) in [6.45, 7) is 4.82. The molecule has 132 valence electrons. The number of morpholine rings is 1. The topological polar surface area (TPSA) is 75.5 Å². The highest BCUT2D eigenvalue weighted by Gasteiger charge is 2.20. The summed E-state index contributed by atoms with van der Waals surface area (Å²) in [6.07, 6.45) is 1.70. The third-order valence-corrected chi connectivity index (χ3v) is 4.72. The normalized spacial score (nSPS) is 14.6. The average molecular weight is 349 g/mol. The van der Waals surface area contributed by atoms with Gasteiger partial charge in [-0.1, -0.05) is 18.2 Å². The van der Waals surface area contributed by atoms with Crippen molar-refractivity contribution in [3.63, 3.8) is 0 Å². The number of carbonyl (C=O) groups is 1. The van der Waals surface area contributed by atoms with Crippen LogP contribution in [0.1, 0.15) is 15.9 Å². The Kier molecular flexibility index (Phi) is 4.26. The van der Waals surface area contributed by atoms with Gasteiger partial charge in [0.2, 0.25) is 0 Å².